The van der Waals surface area contributed by atoms with Crippen LogP contribution in [0.15, 0.2) is 42.5 Å². The molecular weight excluding hydrogens is 712 g/mol. The average molecular weight is 769 g/mol. The molecule has 2 aromatic carbocycles. The summed E-state index contributed by atoms with van der Waals surface area (Å²) in [6.45, 7) is 13.4. The highest BCUT2D eigenvalue weighted by atomic mass is 16.4. The van der Waals surface area contributed by atoms with E-state index in [1.807, 2.05) is 19.1 Å². The number of rotatable bonds is 21. The number of carbonyl (C=O) groups excluding carboxylic acids is 6. The molecule has 0 aliphatic rings. The van der Waals surface area contributed by atoms with E-state index in [1.165, 1.54) is 13.8 Å². The van der Waals surface area contributed by atoms with Gasteiger partial charge in [-0.25, -0.2) is 4.79 Å². The Labute approximate surface area is 321 Å². The monoisotopic (exact) mass is 768 g/mol. The summed E-state index contributed by atoms with van der Waals surface area (Å²) in [7, 11) is 0. The molecule has 0 aromatic heterocycles. The first-order chi connectivity index (χ1) is 25.8. The Kier molecular flexibility index (Phi) is 17.7. The SMILES string of the molecule is CCC(NC(=O)[C@H](CC(=O)O)NC(=O)[C@@H](NC(=O)[C@@H](NC(=O)[C@@H](NC(=O)[C@@H](NC(C)=O)C(C)CC)C(C)C)C(C)CC)c1ccc2ccccc2c1)C(=O)O. The minimum Gasteiger partial charge on any atom is -0.481 e. The number of carboxylic acids is 2. The summed E-state index contributed by atoms with van der Waals surface area (Å²) in [5, 5.41) is 35.9. The summed E-state index contributed by atoms with van der Waals surface area (Å²) in [5.74, 6) is -8.43. The third-order valence-electron chi connectivity index (χ3n) is 9.58. The Balaban J connectivity index is 2.51. The molecule has 0 spiro atoms. The van der Waals surface area contributed by atoms with Crippen LogP contribution in [0.2, 0.25) is 0 Å². The van der Waals surface area contributed by atoms with Crippen LogP contribution in [-0.4, -0.2) is 87.8 Å². The zero-order chi connectivity index (χ0) is 41.6. The van der Waals surface area contributed by atoms with Crippen LogP contribution < -0.4 is 31.9 Å². The lowest BCUT2D eigenvalue weighted by Crippen LogP contribution is -2.60. The number of nitrogens with one attached hydrogen (secondary N) is 6. The van der Waals surface area contributed by atoms with Crippen molar-refractivity contribution in [2.45, 2.75) is 117 Å². The number of carbonyl (C=O) groups is 8. The van der Waals surface area contributed by atoms with Crippen LogP contribution in [0.4, 0.5) is 0 Å². The second-order valence-corrected chi connectivity index (χ2v) is 14.2. The summed E-state index contributed by atoms with van der Waals surface area (Å²) in [6, 6.07) is 4.35. The minimum absolute atomic E-state index is 0.0115. The van der Waals surface area contributed by atoms with Crippen molar-refractivity contribution in [3.8, 4) is 0 Å². The first kappa shape index (κ1) is 45.6. The van der Waals surface area contributed by atoms with Gasteiger partial charge in [-0.2, -0.15) is 0 Å². The first-order valence-corrected chi connectivity index (χ1v) is 18.6. The molecule has 0 aliphatic heterocycles. The molecule has 6 amide bonds. The predicted octanol–water partition coefficient (Wildman–Crippen LogP) is 2.16. The van der Waals surface area contributed by atoms with Crippen molar-refractivity contribution in [2.24, 2.45) is 17.8 Å². The van der Waals surface area contributed by atoms with Gasteiger partial charge in [-0.3, -0.25) is 33.6 Å². The molecule has 16 heteroatoms. The molecule has 0 heterocycles. The van der Waals surface area contributed by atoms with Crippen LogP contribution in [0.1, 0.15) is 92.7 Å². The van der Waals surface area contributed by atoms with E-state index in [0.717, 1.165) is 5.39 Å². The number of hydrogen-bond donors (Lipinski definition) is 8. The van der Waals surface area contributed by atoms with E-state index >= 15 is 0 Å². The van der Waals surface area contributed by atoms with E-state index in [1.54, 1.807) is 65.0 Å². The van der Waals surface area contributed by atoms with Gasteiger partial charge in [0.15, 0.2) is 0 Å². The molecule has 0 fully saturated rings. The Morgan fingerprint density at radius 1 is 0.564 bits per heavy atom. The summed E-state index contributed by atoms with van der Waals surface area (Å²) in [5.41, 5.74) is 0.270. The molecule has 3 unspecified atom stereocenters. The van der Waals surface area contributed by atoms with Crippen molar-refractivity contribution in [1.82, 2.24) is 31.9 Å². The second kappa shape index (κ2) is 21.4. The smallest absolute Gasteiger partial charge is 0.326 e. The lowest BCUT2D eigenvalue weighted by Gasteiger charge is -2.31. The van der Waals surface area contributed by atoms with Crippen molar-refractivity contribution in [3.05, 3.63) is 48.0 Å². The summed E-state index contributed by atoms with van der Waals surface area (Å²) in [6.07, 6.45) is 0.0795. The van der Waals surface area contributed by atoms with Gasteiger partial charge in [-0.15, -0.1) is 0 Å². The molecular formula is C39H56N6O10. The molecule has 302 valence electrons. The standard InChI is InChI=1S/C39H56N6O10/c1-9-21(6)31(40-23(8)46)36(51)43-30(20(4)5)35(50)44-32(22(7)10-2)37(52)45-33(26-17-16-24-14-12-13-15-25(24)18-26)38(53)42-28(19-29(47)48)34(49)41-27(11-3)39(54)55/h12-18,20-22,27-28,30-33H,9-11,19H2,1-8H3,(H,40,46)(H,41,49)(H,42,53)(H,43,51)(H,44,50)(H,45,52)(H,47,48)(H,54,55)/t21?,22?,27?,28-,30-,31-,32-,33-/m0/s1. The highest BCUT2D eigenvalue weighted by Gasteiger charge is 2.37. The van der Waals surface area contributed by atoms with E-state index < -0.39 is 102 Å². The molecule has 2 aromatic rings. The zero-order valence-corrected chi connectivity index (χ0v) is 32.7. The normalized spacial score (nSPS) is 15.5. The van der Waals surface area contributed by atoms with E-state index in [4.69, 9.17) is 0 Å². The molecule has 55 heavy (non-hydrogen) atoms. The lowest BCUT2D eigenvalue weighted by atomic mass is 9.94. The van der Waals surface area contributed by atoms with Gasteiger partial charge in [0, 0.05) is 6.92 Å². The summed E-state index contributed by atoms with van der Waals surface area (Å²) >= 11 is 0. The molecule has 0 aliphatic carbocycles. The van der Waals surface area contributed by atoms with Crippen molar-refractivity contribution in [2.75, 3.05) is 0 Å². The molecule has 2 rings (SSSR count). The number of benzene rings is 2. The van der Waals surface area contributed by atoms with Crippen molar-refractivity contribution < 1.29 is 48.6 Å². The van der Waals surface area contributed by atoms with E-state index in [0.29, 0.717) is 18.2 Å². The number of fused-ring (bicyclic) bond motifs is 1. The fourth-order valence-electron chi connectivity index (χ4n) is 5.81. The van der Waals surface area contributed by atoms with Crippen LogP contribution in [0, 0.1) is 17.8 Å². The Hall–Kier alpha value is -5.54. The van der Waals surface area contributed by atoms with Gasteiger partial charge in [0.25, 0.3) is 0 Å². The van der Waals surface area contributed by atoms with Gasteiger partial charge in [0.05, 0.1) is 6.42 Å². The van der Waals surface area contributed by atoms with E-state index in [-0.39, 0.29) is 17.9 Å². The van der Waals surface area contributed by atoms with E-state index in [9.17, 15) is 48.6 Å². The molecule has 0 saturated carbocycles. The molecule has 0 saturated heterocycles. The molecule has 0 bridgehead atoms. The third-order valence-corrected chi connectivity index (χ3v) is 9.58. The Morgan fingerprint density at radius 3 is 1.58 bits per heavy atom. The Morgan fingerprint density at radius 2 is 1.07 bits per heavy atom. The Bertz CT molecular complexity index is 1710. The summed E-state index contributed by atoms with van der Waals surface area (Å²) in [4.78, 5) is 104. The second-order valence-electron chi connectivity index (χ2n) is 14.2. The highest BCUT2D eigenvalue weighted by molar-refractivity contribution is 5.98. The number of aliphatic carboxylic acids is 2. The maximum absolute atomic E-state index is 14.2. The van der Waals surface area contributed by atoms with Crippen molar-refractivity contribution >= 4 is 58.2 Å². The van der Waals surface area contributed by atoms with Crippen LogP contribution in [0.5, 0.6) is 0 Å². The number of hydrogen-bond acceptors (Lipinski definition) is 8. The van der Waals surface area contributed by atoms with Crippen LogP contribution >= 0.6 is 0 Å². The van der Waals surface area contributed by atoms with Crippen LogP contribution in [0.25, 0.3) is 10.8 Å². The number of carboxylic acid groups (broad SMARTS) is 2. The van der Waals surface area contributed by atoms with Gasteiger partial charge in [0.2, 0.25) is 35.4 Å². The van der Waals surface area contributed by atoms with E-state index in [2.05, 4.69) is 31.9 Å². The molecule has 8 atom stereocenters. The van der Waals surface area contributed by atoms with Gasteiger partial charge in [-0.05, 0) is 46.6 Å². The summed E-state index contributed by atoms with van der Waals surface area (Å²) < 4.78 is 0. The molecule has 8 N–H and O–H groups in total. The van der Waals surface area contributed by atoms with Crippen molar-refractivity contribution in [3.63, 3.8) is 0 Å². The average Bonchev–Trinajstić information content (AvgIpc) is 3.13. The molecule has 0 radical (unpaired) electrons. The third kappa shape index (κ3) is 13.4. The maximum atomic E-state index is 14.2. The topological polar surface area (TPSA) is 249 Å². The number of amides is 6. The molecule has 16 nitrogen and oxygen atoms in total. The lowest BCUT2D eigenvalue weighted by molar-refractivity contribution is -0.143. The van der Waals surface area contributed by atoms with Gasteiger partial charge < -0.3 is 42.1 Å². The van der Waals surface area contributed by atoms with Gasteiger partial charge >= 0.3 is 11.9 Å². The highest BCUT2D eigenvalue weighted by Crippen LogP contribution is 2.22. The first-order valence-electron chi connectivity index (χ1n) is 18.6. The van der Waals surface area contributed by atoms with Gasteiger partial charge in [-0.1, -0.05) is 97.7 Å². The zero-order valence-electron chi connectivity index (χ0n) is 32.7. The minimum atomic E-state index is -1.71. The predicted molar refractivity (Wildman–Crippen MR) is 204 cm³/mol. The van der Waals surface area contributed by atoms with Crippen LogP contribution in [0.3, 0.4) is 0 Å². The van der Waals surface area contributed by atoms with Gasteiger partial charge in [0.1, 0.15) is 36.3 Å². The van der Waals surface area contributed by atoms with Crippen molar-refractivity contribution in [1.29, 1.82) is 0 Å². The maximum Gasteiger partial charge on any atom is 0.326 e. The van der Waals surface area contributed by atoms with Crippen LogP contribution in [-0.2, 0) is 38.4 Å². The quantitative estimate of drug-likeness (QED) is 0.0919. The largest absolute Gasteiger partial charge is 0.481 e. The fourth-order valence-corrected chi connectivity index (χ4v) is 5.81. The fraction of sp³-hybridized carbons (Fsp3) is 0.538.